The van der Waals surface area contributed by atoms with E-state index in [-0.39, 0.29) is 18.1 Å². The maximum atomic E-state index is 12.8. The molecular formula is C28H45NO5. The molecule has 34 heavy (non-hydrogen) atoms. The van der Waals surface area contributed by atoms with Gasteiger partial charge >= 0.3 is 5.97 Å². The summed E-state index contributed by atoms with van der Waals surface area (Å²) in [7, 11) is 0. The van der Waals surface area contributed by atoms with Crippen LogP contribution in [0.15, 0.2) is 22.1 Å². The van der Waals surface area contributed by atoms with E-state index in [1.165, 1.54) is 5.57 Å². The van der Waals surface area contributed by atoms with E-state index in [9.17, 15) is 14.7 Å². The third kappa shape index (κ3) is 9.96. The molecule has 3 atom stereocenters. The quantitative estimate of drug-likeness (QED) is 0.374. The van der Waals surface area contributed by atoms with E-state index in [0.29, 0.717) is 18.9 Å². The molecule has 1 aliphatic rings. The Kier molecular flexibility index (Phi) is 12.5. The monoisotopic (exact) mass is 475 g/mol. The van der Waals surface area contributed by atoms with E-state index in [1.807, 2.05) is 39.8 Å². The molecule has 0 saturated carbocycles. The molecule has 0 fully saturated rings. The van der Waals surface area contributed by atoms with Crippen LogP contribution in [0.1, 0.15) is 97.4 Å². The Labute approximate surface area is 205 Å². The van der Waals surface area contributed by atoms with Crippen LogP contribution in [0.2, 0.25) is 0 Å². The van der Waals surface area contributed by atoms with Gasteiger partial charge in [-0.2, -0.15) is 0 Å². The Morgan fingerprint density at radius 3 is 2.44 bits per heavy atom. The number of allylic oxidation sites excluding steroid dienone is 2. The average Bonchev–Trinajstić information content (AvgIpc) is 3.07. The molecule has 0 radical (unpaired) electrons. The van der Waals surface area contributed by atoms with Crippen LogP contribution in [-0.4, -0.2) is 34.6 Å². The number of hydrogen-bond acceptors (Lipinski definition) is 6. The van der Waals surface area contributed by atoms with E-state index < -0.39 is 17.5 Å². The maximum absolute atomic E-state index is 12.8. The Balaban J connectivity index is 0.000000479. The molecule has 6 nitrogen and oxygen atoms in total. The predicted molar refractivity (Wildman–Crippen MR) is 136 cm³/mol. The van der Waals surface area contributed by atoms with Gasteiger partial charge in [-0.05, 0) is 58.4 Å². The van der Waals surface area contributed by atoms with Gasteiger partial charge in [0.15, 0.2) is 5.89 Å². The number of esters is 1. The number of aliphatic hydroxyl groups is 1. The smallest absolute Gasteiger partial charge is 0.308 e. The third-order valence-corrected chi connectivity index (χ3v) is 6.44. The van der Waals surface area contributed by atoms with Crippen LogP contribution in [0.3, 0.4) is 0 Å². The molecule has 1 aromatic rings. The first-order chi connectivity index (χ1) is 15.9. The van der Waals surface area contributed by atoms with Crippen molar-refractivity contribution in [3.8, 4) is 0 Å². The van der Waals surface area contributed by atoms with Crippen LogP contribution in [0.5, 0.6) is 0 Å². The summed E-state index contributed by atoms with van der Waals surface area (Å²) >= 11 is 0. The van der Waals surface area contributed by atoms with Crippen LogP contribution < -0.4 is 0 Å². The second-order valence-electron chi connectivity index (χ2n) is 10.2. The number of Topliss-reactive ketones (excluding diaryl/α,β-unsaturated/α-hetero) is 1. The number of aliphatic hydroxyl groups excluding tert-OH is 1. The normalized spacial score (nSPS) is 26.9. The number of aryl methyl sites for hydroxylation is 2. The molecule has 0 amide bonds. The predicted octanol–water partition coefficient (Wildman–Crippen LogP) is 6.38. The highest BCUT2D eigenvalue weighted by molar-refractivity contribution is 5.87. The Bertz CT molecular complexity index is 849. The second kappa shape index (κ2) is 14.2. The summed E-state index contributed by atoms with van der Waals surface area (Å²) in [5.74, 6) is 1.55. The molecule has 0 bridgehead atoms. The van der Waals surface area contributed by atoms with Gasteiger partial charge in [0.1, 0.15) is 17.2 Å². The van der Waals surface area contributed by atoms with Gasteiger partial charge in [0.05, 0.1) is 24.5 Å². The van der Waals surface area contributed by atoms with E-state index in [2.05, 4.69) is 24.9 Å². The van der Waals surface area contributed by atoms with Crippen LogP contribution in [0.4, 0.5) is 0 Å². The molecule has 3 unspecified atom stereocenters. The summed E-state index contributed by atoms with van der Waals surface area (Å²) < 4.78 is 10.4. The minimum absolute atomic E-state index is 0.0258. The van der Waals surface area contributed by atoms with Crippen LogP contribution in [-0.2, 0) is 14.3 Å². The Hall–Kier alpha value is -2.21. The largest absolute Gasteiger partial charge is 0.465 e. The van der Waals surface area contributed by atoms with Crippen molar-refractivity contribution in [2.45, 2.75) is 100 Å². The summed E-state index contributed by atoms with van der Waals surface area (Å²) in [4.78, 5) is 28.8. The summed E-state index contributed by atoms with van der Waals surface area (Å²) in [5.41, 5.74) is 1.31. The number of cyclic esters (lactones) is 1. The standard InChI is InChI=1S/C20H34O4.C8H11NO/c1-14-8-6-9-15(2)12-16(3)19(23)20(4,5)17(21)13-18(22)24-11-7-10-14;1-4-5-8-6(2)10-7(3)9-8/h10,15-17,21H,6-9,11-13H2,1-5H3;4-5H,1-3H3/b14-10-;5-4-. The molecule has 192 valence electrons. The zero-order chi connectivity index (χ0) is 25.9. The average molecular weight is 476 g/mol. The first-order valence-corrected chi connectivity index (χ1v) is 12.5. The first-order valence-electron chi connectivity index (χ1n) is 12.5. The lowest BCUT2D eigenvalue weighted by Crippen LogP contribution is -2.42. The van der Waals surface area contributed by atoms with Crippen molar-refractivity contribution in [1.29, 1.82) is 0 Å². The van der Waals surface area contributed by atoms with Gasteiger partial charge in [-0.1, -0.05) is 51.8 Å². The van der Waals surface area contributed by atoms with Crippen molar-refractivity contribution in [2.24, 2.45) is 17.3 Å². The van der Waals surface area contributed by atoms with Crippen molar-refractivity contribution in [2.75, 3.05) is 6.61 Å². The van der Waals surface area contributed by atoms with Gasteiger partial charge in [0.25, 0.3) is 0 Å². The Morgan fingerprint density at radius 1 is 1.18 bits per heavy atom. The summed E-state index contributed by atoms with van der Waals surface area (Å²) in [6.07, 6.45) is 9.63. The highest BCUT2D eigenvalue weighted by atomic mass is 16.5. The van der Waals surface area contributed by atoms with E-state index in [1.54, 1.807) is 13.8 Å². The lowest BCUT2D eigenvalue weighted by Gasteiger charge is -2.32. The minimum Gasteiger partial charge on any atom is -0.465 e. The van der Waals surface area contributed by atoms with Crippen molar-refractivity contribution in [1.82, 2.24) is 4.98 Å². The minimum atomic E-state index is -1.01. The van der Waals surface area contributed by atoms with E-state index in [0.717, 1.165) is 43.0 Å². The van der Waals surface area contributed by atoms with E-state index in [4.69, 9.17) is 9.15 Å². The lowest BCUT2D eigenvalue weighted by atomic mass is 9.74. The number of carbonyl (C=O) groups is 2. The van der Waals surface area contributed by atoms with Gasteiger partial charge in [-0.15, -0.1) is 0 Å². The number of ketones is 1. The summed E-state index contributed by atoms with van der Waals surface area (Å²) in [5, 5.41) is 10.4. The van der Waals surface area contributed by atoms with Gasteiger partial charge in [0.2, 0.25) is 0 Å². The van der Waals surface area contributed by atoms with Crippen molar-refractivity contribution in [3.63, 3.8) is 0 Å². The first kappa shape index (κ1) is 29.8. The lowest BCUT2D eigenvalue weighted by molar-refractivity contribution is -0.150. The van der Waals surface area contributed by atoms with Crippen molar-refractivity contribution >= 4 is 17.8 Å². The van der Waals surface area contributed by atoms with Gasteiger partial charge in [-0.25, -0.2) is 4.98 Å². The van der Waals surface area contributed by atoms with Gasteiger partial charge < -0.3 is 14.3 Å². The molecule has 0 saturated heterocycles. The molecule has 2 heterocycles. The number of aromatic nitrogens is 1. The number of carbonyl (C=O) groups excluding carboxylic acids is 2. The fourth-order valence-electron chi connectivity index (χ4n) is 4.27. The second-order valence-corrected chi connectivity index (χ2v) is 10.2. The highest BCUT2D eigenvalue weighted by Gasteiger charge is 2.39. The number of hydrogen-bond donors (Lipinski definition) is 1. The molecule has 0 spiro atoms. The van der Waals surface area contributed by atoms with Gasteiger partial charge in [0, 0.05) is 12.8 Å². The summed E-state index contributed by atoms with van der Waals surface area (Å²) in [6, 6.07) is 0. The zero-order valence-corrected chi connectivity index (χ0v) is 22.4. The molecule has 0 aliphatic carbocycles. The molecule has 6 heteroatoms. The van der Waals surface area contributed by atoms with Crippen LogP contribution >= 0.6 is 0 Å². The SMILES string of the molecule is C/C1=C/CCOC(=O)CC(O)C(C)(C)C(=O)C(C)CC(C)CCC1.C/C=C\c1nc(C)oc1C. The maximum Gasteiger partial charge on any atom is 0.308 e. The zero-order valence-electron chi connectivity index (χ0n) is 22.4. The topological polar surface area (TPSA) is 89.6 Å². The number of oxazole rings is 1. The third-order valence-electron chi connectivity index (χ3n) is 6.44. The number of ether oxygens (including phenoxy) is 1. The Morgan fingerprint density at radius 2 is 1.85 bits per heavy atom. The van der Waals surface area contributed by atoms with Crippen molar-refractivity contribution < 1.29 is 23.8 Å². The number of rotatable bonds is 1. The summed E-state index contributed by atoms with van der Waals surface area (Å²) in [6.45, 7) is 15.7. The highest BCUT2D eigenvalue weighted by Crippen LogP contribution is 2.31. The number of nitrogens with zero attached hydrogens (tertiary/aromatic N) is 1. The molecule has 2 rings (SSSR count). The molecule has 1 aromatic heterocycles. The molecule has 1 N–H and O–H groups in total. The molecular weight excluding hydrogens is 430 g/mol. The van der Waals surface area contributed by atoms with E-state index >= 15 is 0 Å². The molecule has 1 aliphatic heterocycles. The molecule has 0 aromatic carbocycles. The van der Waals surface area contributed by atoms with Crippen LogP contribution in [0.25, 0.3) is 6.08 Å². The van der Waals surface area contributed by atoms with Crippen LogP contribution in [0, 0.1) is 31.1 Å². The van der Waals surface area contributed by atoms with Gasteiger partial charge in [-0.3, -0.25) is 9.59 Å². The van der Waals surface area contributed by atoms with Crippen molar-refractivity contribution in [3.05, 3.63) is 35.1 Å². The fourth-order valence-corrected chi connectivity index (χ4v) is 4.27. The fraction of sp³-hybridized carbons (Fsp3) is 0.679.